The largest absolute Gasteiger partial charge is 0.323 e. The Bertz CT molecular complexity index is 774. The number of fused-ring (bicyclic) bond motifs is 1. The number of rotatable bonds is 4. The maximum atomic E-state index is 4.65. The van der Waals surface area contributed by atoms with E-state index in [-0.39, 0.29) is 0 Å². The van der Waals surface area contributed by atoms with Crippen molar-refractivity contribution in [3.05, 3.63) is 54.2 Å². The molecule has 0 aliphatic carbocycles. The van der Waals surface area contributed by atoms with Crippen molar-refractivity contribution in [3.63, 3.8) is 0 Å². The van der Waals surface area contributed by atoms with E-state index in [0.29, 0.717) is 11.9 Å². The third kappa shape index (κ3) is 3.19. The van der Waals surface area contributed by atoms with E-state index in [1.54, 1.807) is 0 Å². The van der Waals surface area contributed by atoms with E-state index in [1.165, 1.54) is 18.5 Å². The molecule has 1 aliphatic rings. The first-order valence-corrected chi connectivity index (χ1v) is 8.26. The molecule has 1 atom stereocenters. The minimum absolute atomic E-state index is 0.644. The van der Waals surface area contributed by atoms with Crippen LogP contribution in [0, 0.1) is 5.92 Å². The summed E-state index contributed by atoms with van der Waals surface area (Å²) in [7, 11) is 0. The molecule has 1 aromatic carbocycles. The van der Waals surface area contributed by atoms with Gasteiger partial charge < -0.3 is 10.6 Å². The van der Waals surface area contributed by atoms with Gasteiger partial charge in [0.05, 0.1) is 0 Å². The van der Waals surface area contributed by atoms with Gasteiger partial charge in [0.2, 0.25) is 5.95 Å². The molecule has 5 nitrogen and oxygen atoms in total. The number of pyridine rings is 1. The van der Waals surface area contributed by atoms with Crippen molar-refractivity contribution in [1.29, 1.82) is 0 Å². The molecular formula is C18H21N5. The fourth-order valence-electron chi connectivity index (χ4n) is 3.21. The molecule has 3 heterocycles. The molecule has 5 heteroatoms. The van der Waals surface area contributed by atoms with Crippen LogP contribution in [0.25, 0.3) is 5.65 Å². The summed E-state index contributed by atoms with van der Waals surface area (Å²) in [4.78, 5) is 4.59. The highest BCUT2D eigenvalue weighted by Crippen LogP contribution is 2.19. The Morgan fingerprint density at radius 1 is 1.13 bits per heavy atom. The fraction of sp³-hybridized carbons (Fsp3) is 0.333. The van der Waals surface area contributed by atoms with Crippen LogP contribution >= 0.6 is 0 Å². The van der Waals surface area contributed by atoms with Crippen molar-refractivity contribution in [3.8, 4) is 0 Å². The van der Waals surface area contributed by atoms with Crippen LogP contribution in [0.5, 0.6) is 0 Å². The van der Waals surface area contributed by atoms with Crippen LogP contribution in [0.2, 0.25) is 0 Å². The lowest BCUT2D eigenvalue weighted by Gasteiger charge is -2.22. The van der Waals surface area contributed by atoms with E-state index < -0.39 is 0 Å². The molecule has 1 unspecified atom stereocenters. The minimum Gasteiger partial charge on any atom is -0.323 e. The van der Waals surface area contributed by atoms with Gasteiger partial charge in [-0.15, -0.1) is 5.10 Å². The molecule has 2 aromatic heterocycles. The maximum Gasteiger partial charge on any atom is 0.247 e. The average molecular weight is 307 g/mol. The number of hydrogen-bond donors (Lipinski definition) is 2. The Morgan fingerprint density at radius 3 is 2.87 bits per heavy atom. The number of para-hydroxylation sites is 1. The molecule has 0 radical (unpaired) electrons. The van der Waals surface area contributed by atoms with Crippen LogP contribution < -0.4 is 10.6 Å². The Kier molecular flexibility index (Phi) is 3.94. The van der Waals surface area contributed by atoms with Gasteiger partial charge in [0.1, 0.15) is 0 Å². The molecule has 0 spiro atoms. The second-order valence-corrected chi connectivity index (χ2v) is 6.13. The van der Waals surface area contributed by atoms with Crippen molar-refractivity contribution < 1.29 is 0 Å². The Balaban J connectivity index is 1.59. The summed E-state index contributed by atoms with van der Waals surface area (Å²) >= 11 is 0. The van der Waals surface area contributed by atoms with Gasteiger partial charge >= 0.3 is 0 Å². The van der Waals surface area contributed by atoms with Crippen LogP contribution in [-0.4, -0.2) is 27.7 Å². The fourth-order valence-corrected chi connectivity index (χ4v) is 3.21. The summed E-state index contributed by atoms with van der Waals surface area (Å²) in [5.74, 6) is 1.33. The van der Waals surface area contributed by atoms with Gasteiger partial charge in [-0.3, -0.25) is 0 Å². The number of hydrogen-bond acceptors (Lipinski definition) is 4. The van der Waals surface area contributed by atoms with E-state index in [2.05, 4.69) is 32.8 Å². The molecule has 3 aromatic rings. The highest BCUT2D eigenvalue weighted by Gasteiger charge is 2.16. The molecule has 2 N–H and O–H groups in total. The average Bonchev–Trinajstić information content (AvgIpc) is 3.00. The van der Waals surface area contributed by atoms with Crippen molar-refractivity contribution in [1.82, 2.24) is 19.9 Å². The predicted molar refractivity (Wildman–Crippen MR) is 92.0 cm³/mol. The van der Waals surface area contributed by atoms with E-state index in [0.717, 1.165) is 30.8 Å². The highest BCUT2D eigenvalue weighted by atomic mass is 15.4. The number of benzene rings is 1. The normalized spacial score (nSPS) is 18.2. The molecule has 1 saturated heterocycles. The number of nitrogens with one attached hydrogen (secondary N) is 2. The van der Waals surface area contributed by atoms with Crippen molar-refractivity contribution in [2.75, 3.05) is 18.4 Å². The number of aromatic nitrogens is 3. The van der Waals surface area contributed by atoms with Gasteiger partial charge in [-0.05, 0) is 62.5 Å². The summed E-state index contributed by atoms with van der Waals surface area (Å²) < 4.78 is 1.97. The lowest BCUT2D eigenvalue weighted by Crippen LogP contribution is -2.31. The molecule has 4 rings (SSSR count). The van der Waals surface area contributed by atoms with E-state index in [9.17, 15) is 0 Å². The SMILES string of the molecule is c1ccc(Nc2nc3cccc(CC4CCCNC4)n3n2)cc1. The van der Waals surface area contributed by atoms with E-state index >= 15 is 0 Å². The van der Waals surface area contributed by atoms with E-state index in [4.69, 9.17) is 0 Å². The predicted octanol–water partition coefficient (Wildman–Crippen LogP) is 3.02. The molecular weight excluding hydrogens is 286 g/mol. The molecule has 23 heavy (non-hydrogen) atoms. The summed E-state index contributed by atoms with van der Waals surface area (Å²) in [6.07, 6.45) is 3.59. The standard InChI is InChI=1S/C18H21N5/c1-2-7-15(8-3-1)20-18-21-17-10-4-9-16(23(17)22-18)12-14-6-5-11-19-13-14/h1-4,7-10,14,19H,5-6,11-13H2,(H,20,22). The molecule has 0 amide bonds. The first-order valence-electron chi connectivity index (χ1n) is 8.26. The van der Waals surface area contributed by atoms with Crippen LogP contribution in [-0.2, 0) is 6.42 Å². The van der Waals surface area contributed by atoms with Gasteiger partial charge in [0, 0.05) is 11.4 Å². The molecule has 1 aliphatic heterocycles. The highest BCUT2D eigenvalue weighted by molar-refractivity contribution is 5.55. The quantitative estimate of drug-likeness (QED) is 0.778. The Hall–Kier alpha value is -2.40. The van der Waals surface area contributed by atoms with Crippen molar-refractivity contribution in [2.24, 2.45) is 5.92 Å². The number of nitrogens with zero attached hydrogens (tertiary/aromatic N) is 3. The first kappa shape index (κ1) is 14.2. The van der Waals surface area contributed by atoms with Crippen LogP contribution in [0.4, 0.5) is 11.6 Å². The third-order valence-electron chi connectivity index (χ3n) is 4.36. The zero-order valence-electron chi connectivity index (χ0n) is 13.1. The monoisotopic (exact) mass is 307 g/mol. The topological polar surface area (TPSA) is 54.2 Å². The smallest absolute Gasteiger partial charge is 0.247 e. The summed E-state index contributed by atoms with van der Waals surface area (Å²) in [5, 5.41) is 11.4. The second kappa shape index (κ2) is 6.38. The van der Waals surface area contributed by atoms with E-state index in [1.807, 2.05) is 40.9 Å². The lowest BCUT2D eigenvalue weighted by atomic mass is 9.94. The number of piperidine rings is 1. The zero-order chi connectivity index (χ0) is 15.5. The minimum atomic E-state index is 0.644. The molecule has 118 valence electrons. The summed E-state index contributed by atoms with van der Waals surface area (Å²) in [5.41, 5.74) is 3.12. The molecule has 0 saturated carbocycles. The summed E-state index contributed by atoms with van der Waals surface area (Å²) in [6, 6.07) is 16.3. The first-order chi connectivity index (χ1) is 11.4. The van der Waals surface area contributed by atoms with Crippen LogP contribution in [0.3, 0.4) is 0 Å². The maximum absolute atomic E-state index is 4.65. The van der Waals surface area contributed by atoms with Gasteiger partial charge in [0.15, 0.2) is 5.65 Å². The van der Waals surface area contributed by atoms with Gasteiger partial charge in [0.25, 0.3) is 0 Å². The van der Waals surface area contributed by atoms with Gasteiger partial charge in [-0.2, -0.15) is 4.98 Å². The molecule has 0 bridgehead atoms. The van der Waals surface area contributed by atoms with Crippen LogP contribution in [0.1, 0.15) is 18.5 Å². The van der Waals surface area contributed by atoms with Gasteiger partial charge in [-0.25, -0.2) is 4.52 Å². The van der Waals surface area contributed by atoms with Gasteiger partial charge in [-0.1, -0.05) is 24.3 Å². The summed E-state index contributed by atoms with van der Waals surface area (Å²) in [6.45, 7) is 2.25. The Labute approximate surface area is 135 Å². The van der Waals surface area contributed by atoms with Crippen molar-refractivity contribution in [2.45, 2.75) is 19.3 Å². The molecule has 1 fully saturated rings. The Morgan fingerprint density at radius 2 is 2.04 bits per heavy atom. The number of anilines is 2. The van der Waals surface area contributed by atoms with Crippen LogP contribution in [0.15, 0.2) is 48.5 Å². The lowest BCUT2D eigenvalue weighted by molar-refractivity contribution is 0.371. The van der Waals surface area contributed by atoms with Crippen molar-refractivity contribution >= 4 is 17.3 Å². The zero-order valence-corrected chi connectivity index (χ0v) is 13.1. The second-order valence-electron chi connectivity index (χ2n) is 6.13. The third-order valence-corrected chi connectivity index (χ3v) is 4.36.